The van der Waals surface area contributed by atoms with E-state index in [4.69, 9.17) is 9.72 Å². The van der Waals surface area contributed by atoms with E-state index in [1.165, 1.54) is 17.5 Å². The van der Waals surface area contributed by atoms with E-state index in [1.807, 2.05) is 53.2 Å². The molecule has 0 N–H and O–H groups in total. The molecule has 4 nitrogen and oxygen atoms in total. The van der Waals surface area contributed by atoms with E-state index in [0.29, 0.717) is 35.0 Å². The quantitative estimate of drug-likeness (QED) is 0.185. The number of carbonyl (C=O) groups is 1. The van der Waals surface area contributed by atoms with Crippen LogP contribution in [0.5, 0.6) is 5.75 Å². The summed E-state index contributed by atoms with van der Waals surface area (Å²) in [4.78, 5) is 18.1. The topological polar surface area (TPSA) is 44.1 Å². The van der Waals surface area contributed by atoms with Crippen molar-refractivity contribution in [3.63, 3.8) is 0 Å². The van der Waals surface area contributed by atoms with Crippen molar-refractivity contribution >= 4 is 11.9 Å². The van der Waals surface area contributed by atoms with Gasteiger partial charge in [0.15, 0.2) is 5.82 Å². The SMILES string of the molecule is CCC(C)(C)C.CCC(C)c1cccc(/C=C/CCn2cc(-c3ccccc3)nc2C(=O)c2cccc(OC)c2)c1. The van der Waals surface area contributed by atoms with Gasteiger partial charge in [-0.3, -0.25) is 4.79 Å². The van der Waals surface area contributed by atoms with Crippen molar-refractivity contribution in [2.24, 2.45) is 5.41 Å². The maximum Gasteiger partial charge on any atom is 0.228 e. The van der Waals surface area contributed by atoms with Gasteiger partial charge >= 0.3 is 0 Å². The van der Waals surface area contributed by atoms with E-state index < -0.39 is 0 Å². The van der Waals surface area contributed by atoms with Gasteiger partial charge in [-0.15, -0.1) is 0 Å². The summed E-state index contributed by atoms with van der Waals surface area (Å²) < 4.78 is 7.27. The first-order valence-electron chi connectivity index (χ1n) is 14.7. The highest BCUT2D eigenvalue weighted by Crippen LogP contribution is 2.23. The number of hydrogen-bond acceptors (Lipinski definition) is 3. The highest BCUT2D eigenvalue weighted by Gasteiger charge is 2.19. The number of ether oxygens (including phenoxy) is 1. The normalized spacial score (nSPS) is 12.1. The average Bonchev–Trinajstić information content (AvgIpc) is 3.43. The minimum Gasteiger partial charge on any atom is -0.497 e. The summed E-state index contributed by atoms with van der Waals surface area (Å²) >= 11 is 0. The van der Waals surface area contributed by atoms with E-state index >= 15 is 0 Å². The van der Waals surface area contributed by atoms with Gasteiger partial charge in [0.25, 0.3) is 0 Å². The van der Waals surface area contributed by atoms with Crippen molar-refractivity contribution in [3.8, 4) is 17.0 Å². The van der Waals surface area contributed by atoms with Crippen LogP contribution in [0.3, 0.4) is 0 Å². The van der Waals surface area contributed by atoms with Crippen molar-refractivity contribution in [1.29, 1.82) is 0 Å². The predicted molar refractivity (Wildman–Crippen MR) is 173 cm³/mol. The Morgan fingerprint density at radius 1 is 0.976 bits per heavy atom. The molecule has 4 aromatic rings. The molecule has 0 aliphatic carbocycles. The van der Waals surface area contributed by atoms with Crippen molar-refractivity contribution in [1.82, 2.24) is 9.55 Å². The first-order valence-corrected chi connectivity index (χ1v) is 14.7. The molecule has 0 spiro atoms. The van der Waals surface area contributed by atoms with E-state index in [9.17, 15) is 4.79 Å². The lowest BCUT2D eigenvalue weighted by Gasteiger charge is -2.12. The number of imidazole rings is 1. The Bertz CT molecular complexity index is 1410. The molecule has 1 aromatic heterocycles. The molecule has 0 aliphatic rings. The van der Waals surface area contributed by atoms with E-state index in [1.54, 1.807) is 19.2 Å². The summed E-state index contributed by atoms with van der Waals surface area (Å²) in [5.74, 6) is 1.52. The number of allylic oxidation sites excluding steroid dienone is 1. The van der Waals surface area contributed by atoms with Gasteiger partial charge in [-0.2, -0.15) is 0 Å². The maximum absolute atomic E-state index is 13.4. The van der Waals surface area contributed by atoms with Crippen molar-refractivity contribution in [2.75, 3.05) is 7.11 Å². The van der Waals surface area contributed by atoms with Crippen molar-refractivity contribution < 1.29 is 9.53 Å². The van der Waals surface area contributed by atoms with Gasteiger partial charge in [-0.1, -0.05) is 127 Å². The zero-order valence-corrected chi connectivity index (χ0v) is 25.9. The average molecular weight is 551 g/mol. The van der Waals surface area contributed by atoms with E-state index in [0.717, 1.165) is 24.1 Å². The van der Waals surface area contributed by atoms with E-state index in [-0.39, 0.29) is 5.78 Å². The number of methoxy groups -OCH3 is 1. The highest BCUT2D eigenvalue weighted by molar-refractivity contribution is 6.07. The minimum absolute atomic E-state index is 0.115. The second kappa shape index (κ2) is 15.2. The molecule has 1 atom stereocenters. The minimum atomic E-state index is -0.115. The number of ketones is 1. The second-order valence-corrected chi connectivity index (χ2v) is 11.7. The van der Waals surface area contributed by atoms with Crippen LogP contribution in [0.1, 0.15) is 94.0 Å². The number of benzene rings is 3. The summed E-state index contributed by atoms with van der Waals surface area (Å²) in [6.07, 6.45) is 9.48. The third-order valence-electron chi connectivity index (χ3n) is 7.38. The van der Waals surface area contributed by atoms with Gasteiger partial charge in [-0.05, 0) is 47.4 Å². The molecule has 0 fully saturated rings. The number of carbonyl (C=O) groups excluding carboxylic acids is 1. The Morgan fingerprint density at radius 3 is 2.34 bits per heavy atom. The van der Waals surface area contributed by atoms with Gasteiger partial charge in [-0.25, -0.2) is 4.98 Å². The summed E-state index contributed by atoms with van der Waals surface area (Å²) in [7, 11) is 1.60. The lowest BCUT2D eigenvalue weighted by Crippen LogP contribution is -2.11. The summed E-state index contributed by atoms with van der Waals surface area (Å²) in [6, 6.07) is 25.9. The summed E-state index contributed by atoms with van der Waals surface area (Å²) in [6.45, 7) is 14.1. The molecule has 41 heavy (non-hydrogen) atoms. The molecule has 0 radical (unpaired) electrons. The molecule has 0 saturated heterocycles. The first-order chi connectivity index (χ1) is 19.6. The smallest absolute Gasteiger partial charge is 0.228 e. The molecule has 216 valence electrons. The fourth-order valence-corrected chi connectivity index (χ4v) is 4.05. The largest absolute Gasteiger partial charge is 0.497 e. The molecule has 0 amide bonds. The van der Waals surface area contributed by atoms with Gasteiger partial charge in [0.1, 0.15) is 5.75 Å². The number of hydrogen-bond donors (Lipinski definition) is 0. The number of nitrogens with zero attached hydrogens (tertiary/aromatic N) is 2. The first kappa shape index (κ1) is 31.6. The van der Waals surface area contributed by atoms with Crippen LogP contribution in [0.25, 0.3) is 17.3 Å². The fraction of sp³-hybridized carbons (Fsp3) is 0.351. The second-order valence-electron chi connectivity index (χ2n) is 11.7. The maximum atomic E-state index is 13.4. The number of aryl methyl sites for hydroxylation is 1. The molecule has 1 heterocycles. The molecule has 0 saturated carbocycles. The lowest BCUT2D eigenvalue weighted by atomic mass is 9.94. The van der Waals surface area contributed by atoms with Gasteiger partial charge in [0, 0.05) is 23.9 Å². The Hall–Kier alpha value is -3.92. The molecule has 4 heteroatoms. The highest BCUT2D eigenvalue weighted by atomic mass is 16.5. The van der Waals surface area contributed by atoms with Crippen LogP contribution in [0, 0.1) is 5.41 Å². The van der Waals surface area contributed by atoms with Crippen LogP contribution >= 0.6 is 0 Å². The Morgan fingerprint density at radius 2 is 1.68 bits per heavy atom. The monoisotopic (exact) mass is 550 g/mol. The van der Waals surface area contributed by atoms with E-state index in [2.05, 4.69) is 78.0 Å². The zero-order valence-electron chi connectivity index (χ0n) is 25.9. The third kappa shape index (κ3) is 9.60. The Balaban J connectivity index is 0.000000696. The fourth-order valence-electron chi connectivity index (χ4n) is 4.05. The predicted octanol–water partition coefficient (Wildman–Crippen LogP) is 9.85. The molecule has 4 rings (SSSR count). The van der Waals surface area contributed by atoms with Gasteiger partial charge in [0.05, 0.1) is 12.8 Å². The molecular weight excluding hydrogens is 504 g/mol. The number of aromatic nitrogens is 2. The molecule has 0 bridgehead atoms. The van der Waals surface area contributed by atoms with Crippen LogP contribution < -0.4 is 4.74 Å². The standard InChI is InChI=1S/C31H32N2O2.C6H14/c1-4-23(2)26-16-10-13-24(20-26)12-8-9-19-33-22-29(25-14-6-5-7-15-25)32-31(33)30(34)27-17-11-18-28(21-27)35-3;1-5-6(2,3)4/h5-8,10-18,20-23H,4,9,19H2,1-3H3;5H2,1-4H3/b12-8+;. The molecular formula is C37H46N2O2. The molecule has 0 aliphatic heterocycles. The summed E-state index contributed by atoms with van der Waals surface area (Å²) in [5, 5.41) is 0. The Labute approximate surface area is 247 Å². The molecule has 1 unspecified atom stereocenters. The van der Waals surface area contributed by atoms with Crippen LogP contribution in [-0.4, -0.2) is 22.4 Å². The van der Waals surface area contributed by atoms with Crippen LogP contribution in [0.4, 0.5) is 0 Å². The van der Waals surface area contributed by atoms with Gasteiger partial charge < -0.3 is 9.30 Å². The lowest BCUT2D eigenvalue weighted by molar-refractivity contribution is 0.102. The van der Waals surface area contributed by atoms with Crippen molar-refractivity contribution in [2.45, 2.75) is 73.3 Å². The number of rotatable bonds is 10. The zero-order chi connectivity index (χ0) is 29.8. The Kier molecular flexibility index (Phi) is 11.7. The molecule has 3 aromatic carbocycles. The van der Waals surface area contributed by atoms with Gasteiger partial charge in [0.2, 0.25) is 5.78 Å². The van der Waals surface area contributed by atoms with Crippen molar-refractivity contribution in [3.05, 3.63) is 114 Å². The van der Waals surface area contributed by atoms with Crippen LogP contribution in [-0.2, 0) is 6.54 Å². The van der Waals surface area contributed by atoms with Crippen LogP contribution in [0.2, 0.25) is 0 Å². The third-order valence-corrected chi connectivity index (χ3v) is 7.38. The summed E-state index contributed by atoms with van der Waals surface area (Å²) in [5.41, 5.74) is 5.45. The van der Waals surface area contributed by atoms with Crippen LogP contribution in [0.15, 0.2) is 91.1 Å².